The van der Waals surface area contributed by atoms with Gasteiger partial charge in [0.1, 0.15) is 0 Å². The molecule has 0 saturated heterocycles. The molecule has 0 spiro atoms. The van der Waals surface area contributed by atoms with E-state index in [-0.39, 0.29) is 0 Å². The van der Waals surface area contributed by atoms with Crippen molar-refractivity contribution >= 4 is 19.0 Å². The van der Waals surface area contributed by atoms with Crippen molar-refractivity contribution in [1.29, 1.82) is 0 Å². The summed E-state index contributed by atoms with van der Waals surface area (Å²) in [6.07, 6.45) is 5.12. The zero-order chi connectivity index (χ0) is 15.4. The van der Waals surface area contributed by atoms with E-state index in [4.69, 9.17) is 4.65 Å². The van der Waals surface area contributed by atoms with Gasteiger partial charge in [-0.1, -0.05) is 37.3 Å². The fraction of sp³-hybridized carbons (Fsp3) is 0.529. The number of hydrogen-bond donors (Lipinski definition) is 1. The van der Waals surface area contributed by atoms with Gasteiger partial charge in [-0.2, -0.15) is 0 Å². The number of allylic oxidation sites excluding steroid dienone is 1. The van der Waals surface area contributed by atoms with Crippen LogP contribution in [0.5, 0.6) is 0 Å². The fourth-order valence-corrected chi connectivity index (χ4v) is 1.77. The highest BCUT2D eigenvalue weighted by Crippen LogP contribution is 2.24. The Morgan fingerprint density at radius 3 is 2.40 bits per heavy atom. The standard InChI is InChI=1S/C17H26BO2/c1-7-10-14-13(8-2)11-9-12-15(14)18-20-17(5,6)16(3,4)19/h7,9-12,19H,8H2,1-6H3/b10-7+. The summed E-state index contributed by atoms with van der Waals surface area (Å²) in [6.45, 7) is 11.5. The summed E-state index contributed by atoms with van der Waals surface area (Å²) in [7, 11) is 1.76. The first-order valence-corrected chi connectivity index (χ1v) is 7.21. The Kier molecular flexibility index (Phi) is 5.61. The van der Waals surface area contributed by atoms with Crippen LogP contribution in [0.1, 0.15) is 52.7 Å². The molecular weight excluding hydrogens is 247 g/mol. The van der Waals surface area contributed by atoms with Gasteiger partial charge in [0.15, 0.2) is 0 Å². The Labute approximate surface area is 124 Å². The smallest absolute Gasteiger partial charge is 0.331 e. The van der Waals surface area contributed by atoms with Crippen LogP contribution in [0.25, 0.3) is 6.08 Å². The maximum absolute atomic E-state index is 10.1. The lowest BCUT2D eigenvalue weighted by Gasteiger charge is -2.37. The summed E-state index contributed by atoms with van der Waals surface area (Å²) in [4.78, 5) is 0. The van der Waals surface area contributed by atoms with Gasteiger partial charge in [-0.3, -0.25) is 0 Å². The van der Waals surface area contributed by atoms with E-state index in [0.29, 0.717) is 0 Å². The second-order valence-electron chi connectivity index (χ2n) is 6.08. The molecule has 0 aromatic heterocycles. The molecule has 1 rings (SSSR count). The summed E-state index contributed by atoms with van der Waals surface area (Å²) < 4.78 is 5.86. The molecule has 0 aliphatic rings. The molecule has 0 aliphatic carbocycles. The summed E-state index contributed by atoms with van der Waals surface area (Å²) >= 11 is 0. The molecule has 109 valence electrons. The van der Waals surface area contributed by atoms with Crippen LogP contribution in [-0.2, 0) is 11.1 Å². The molecular formula is C17H26BO2. The van der Waals surface area contributed by atoms with E-state index >= 15 is 0 Å². The average molecular weight is 273 g/mol. The van der Waals surface area contributed by atoms with E-state index in [1.807, 2.05) is 39.0 Å². The maximum atomic E-state index is 10.1. The van der Waals surface area contributed by atoms with E-state index in [9.17, 15) is 5.11 Å². The number of aryl methyl sites for hydroxylation is 1. The minimum Gasteiger partial charge on any atom is -0.427 e. The van der Waals surface area contributed by atoms with Gasteiger partial charge >= 0.3 is 7.48 Å². The molecule has 0 atom stereocenters. The normalized spacial score (nSPS) is 12.9. The molecule has 1 N–H and O–H groups in total. The van der Waals surface area contributed by atoms with Gasteiger partial charge in [-0.05, 0) is 57.6 Å². The van der Waals surface area contributed by atoms with Crippen molar-refractivity contribution in [3.8, 4) is 0 Å². The molecule has 0 heterocycles. The van der Waals surface area contributed by atoms with E-state index in [0.717, 1.165) is 11.9 Å². The quantitative estimate of drug-likeness (QED) is 0.807. The lowest BCUT2D eigenvalue weighted by Crippen LogP contribution is -2.49. The van der Waals surface area contributed by atoms with Crippen molar-refractivity contribution in [2.24, 2.45) is 0 Å². The van der Waals surface area contributed by atoms with E-state index in [1.54, 1.807) is 21.3 Å². The highest BCUT2D eigenvalue weighted by atomic mass is 16.5. The molecule has 0 bridgehead atoms. The lowest BCUT2D eigenvalue weighted by atomic mass is 9.78. The van der Waals surface area contributed by atoms with Crippen LogP contribution in [-0.4, -0.2) is 23.8 Å². The third-order valence-corrected chi connectivity index (χ3v) is 3.90. The van der Waals surface area contributed by atoms with Gasteiger partial charge in [0.2, 0.25) is 0 Å². The van der Waals surface area contributed by atoms with Crippen molar-refractivity contribution in [2.45, 2.75) is 59.2 Å². The predicted molar refractivity (Wildman–Crippen MR) is 87.4 cm³/mol. The Bertz CT molecular complexity index is 470. The highest BCUT2D eigenvalue weighted by Gasteiger charge is 2.35. The zero-order valence-corrected chi connectivity index (χ0v) is 13.5. The predicted octanol–water partition coefficient (Wildman–Crippen LogP) is 3.09. The summed E-state index contributed by atoms with van der Waals surface area (Å²) in [5.74, 6) is 0. The third kappa shape index (κ3) is 3.97. The van der Waals surface area contributed by atoms with E-state index in [1.165, 1.54) is 11.1 Å². The Morgan fingerprint density at radius 2 is 1.90 bits per heavy atom. The minimum atomic E-state index is -0.910. The number of hydrogen-bond acceptors (Lipinski definition) is 2. The summed E-state index contributed by atoms with van der Waals surface area (Å²) in [6, 6.07) is 6.21. The van der Waals surface area contributed by atoms with Gasteiger partial charge in [0.25, 0.3) is 0 Å². The largest absolute Gasteiger partial charge is 0.427 e. The Hall–Kier alpha value is -1.06. The molecule has 0 amide bonds. The zero-order valence-electron chi connectivity index (χ0n) is 13.5. The van der Waals surface area contributed by atoms with Crippen molar-refractivity contribution in [1.82, 2.24) is 0 Å². The highest BCUT2D eigenvalue weighted by molar-refractivity contribution is 6.48. The summed E-state index contributed by atoms with van der Waals surface area (Å²) in [5.41, 5.74) is 1.96. The van der Waals surface area contributed by atoms with Gasteiger partial charge in [0.05, 0.1) is 11.2 Å². The number of rotatable bonds is 6. The third-order valence-electron chi connectivity index (χ3n) is 3.90. The van der Waals surface area contributed by atoms with Crippen molar-refractivity contribution in [2.75, 3.05) is 0 Å². The molecule has 0 saturated carbocycles. The number of aliphatic hydroxyl groups is 1. The van der Waals surface area contributed by atoms with Gasteiger partial charge in [0, 0.05) is 0 Å². The lowest BCUT2D eigenvalue weighted by molar-refractivity contribution is -0.0893. The molecule has 1 radical (unpaired) electrons. The van der Waals surface area contributed by atoms with Crippen LogP contribution in [0.15, 0.2) is 24.3 Å². The number of benzene rings is 1. The first-order chi connectivity index (χ1) is 9.23. The van der Waals surface area contributed by atoms with Crippen LogP contribution < -0.4 is 5.46 Å². The molecule has 0 unspecified atom stereocenters. The molecule has 3 heteroatoms. The van der Waals surface area contributed by atoms with Crippen molar-refractivity contribution in [3.63, 3.8) is 0 Å². The fourth-order valence-electron chi connectivity index (χ4n) is 1.77. The SMILES string of the molecule is C/C=C/c1c([B]OC(C)(C)C(C)(C)O)cccc1CC. The molecule has 0 fully saturated rings. The minimum absolute atomic E-state index is 0.650. The van der Waals surface area contributed by atoms with Crippen molar-refractivity contribution in [3.05, 3.63) is 35.4 Å². The van der Waals surface area contributed by atoms with Crippen LogP contribution in [0, 0.1) is 0 Å². The second kappa shape index (κ2) is 6.60. The molecule has 2 nitrogen and oxygen atoms in total. The first kappa shape index (κ1) is 17.0. The molecule has 20 heavy (non-hydrogen) atoms. The van der Waals surface area contributed by atoms with E-state index in [2.05, 4.69) is 19.1 Å². The molecule has 0 aliphatic heterocycles. The topological polar surface area (TPSA) is 29.5 Å². The first-order valence-electron chi connectivity index (χ1n) is 7.21. The van der Waals surface area contributed by atoms with Gasteiger partial charge in [-0.15, -0.1) is 0 Å². The Balaban J connectivity index is 2.99. The van der Waals surface area contributed by atoms with Crippen LogP contribution in [0.3, 0.4) is 0 Å². The second-order valence-corrected chi connectivity index (χ2v) is 6.08. The molecule has 1 aromatic carbocycles. The average Bonchev–Trinajstić information content (AvgIpc) is 2.36. The van der Waals surface area contributed by atoms with Crippen LogP contribution in [0.2, 0.25) is 0 Å². The summed E-state index contributed by atoms with van der Waals surface area (Å²) in [5, 5.41) is 10.1. The van der Waals surface area contributed by atoms with Crippen LogP contribution in [0.4, 0.5) is 0 Å². The Morgan fingerprint density at radius 1 is 1.25 bits per heavy atom. The molecule has 1 aromatic rings. The van der Waals surface area contributed by atoms with E-state index < -0.39 is 11.2 Å². The maximum Gasteiger partial charge on any atom is 0.331 e. The van der Waals surface area contributed by atoms with Gasteiger partial charge < -0.3 is 9.76 Å². The monoisotopic (exact) mass is 273 g/mol. The van der Waals surface area contributed by atoms with Gasteiger partial charge in [-0.25, -0.2) is 0 Å². The van der Waals surface area contributed by atoms with Crippen molar-refractivity contribution < 1.29 is 9.76 Å². The van der Waals surface area contributed by atoms with Crippen LogP contribution >= 0.6 is 0 Å².